The van der Waals surface area contributed by atoms with E-state index in [4.69, 9.17) is 5.73 Å². The number of amides is 2. The van der Waals surface area contributed by atoms with Gasteiger partial charge in [-0.2, -0.15) is 13.2 Å². The van der Waals surface area contributed by atoms with Gasteiger partial charge in [0.25, 0.3) is 5.91 Å². The van der Waals surface area contributed by atoms with Crippen molar-refractivity contribution in [2.24, 2.45) is 5.73 Å². The number of hydrogen-bond acceptors (Lipinski definition) is 3. The third kappa shape index (κ3) is 3.72. The fraction of sp³-hybridized carbons (Fsp3) is 0.300. The van der Waals surface area contributed by atoms with Gasteiger partial charge < -0.3 is 11.1 Å². The third-order valence-electron chi connectivity index (χ3n) is 2.03. The molecule has 2 amide bonds. The molecule has 1 aromatic heterocycles. The Morgan fingerprint density at radius 1 is 1.44 bits per heavy atom. The molecule has 0 spiro atoms. The van der Waals surface area contributed by atoms with E-state index < -0.39 is 24.5 Å². The lowest BCUT2D eigenvalue weighted by molar-refractivity contribution is -0.123. The lowest BCUT2D eigenvalue weighted by atomic mass is 10.1. The molecule has 0 radical (unpaired) electrons. The lowest BCUT2D eigenvalue weighted by Gasteiger charge is -2.09. The van der Waals surface area contributed by atoms with Gasteiger partial charge in [-0.1, -0.05) is 0 Å². The molecule has 0 aromatic carbocycles. The van der Waals surface area contributed by atoms with Gasteiger partial charge in [0.15, 0.2) is 0 Å². The summed E-state index contributed by atoms with van der Waals surface area (Å²) in [6.45, 7) is 0.00641. The number of carbonyl (C=O) groups is 2. The minimum absolute atomic E-state index is 0.0832. The van der Waals surface area contributed by atoms with E-state index in [2.05, 4.69) is 4.98 Å². The number of rotatable bonds is 3. The molecule has 1 heterocycles. The first-order valence-electron chi connectivity index (χ1n) is 4.82. The van der Waals surface area contributed by atoms with Crippen molar-refractivity contribution in [3.63, 3.8) is 0 Å². The second-order valence-electron chi connectivity index (χ2n) is 3.55. The fourth-order valence-electron chi connectivity index (χ4n) is 1.21. The topological polar surface area (TPSA) is 85.1 Å². The van der Waals surface area contributed by atoms with Crippen molar-refractivity contribution in [1.82, 2.24) is 10.3 Å². The second kappa shape index (κ2) is 5.03. The standard InChI is InChI=1S/C10H10F3N3O2/c1-5-2-6(8(14)17)3-15-7(5)9(18)16-4-10(11,12)13/h2-3H,4H2,1H3,(H2,14,17)(H,16,18). The summed E-state index contributed by atoms with van der Waals surface area (Å²) in [6, 6.07) is 1.29. The molecule has 5 nitrogen and oxygen atoms in total. The summed E-state index contributed by atoms with van der Waals surface area (Å²) in [5.74, 6) is -1.69. The molecule has 0 fully saturated rings. The van der Waals surface area contributed by atoms with Gasteiger partial charge in [0.2, 0.25) is 5.91 Å². The maximum absolute atomic E-state index is 11.9. The predicted molar refractivity (Wildman–Crippen MR) is 55.9 cm³/mol. The zero-order valence-corrected chi connectivity index (χ0v) is 9.34. The maximum atomic E-state index is 11.9. The van der Waals surface area contributed by atoms with Crippen LogP contribution in [0.5, 0.6) is 0 Å². The van der Waals surface area contributed by atoms with Gasteiger partial charge in [0.1, 0.15) is 12.2 Å². The van der Waals surface area contributed by atoms with Crippen LogP contribution in [-0.4, -0.2) is 29.5 Å². The number of nitrogens with one attached hydrogen (secondary N) is 1. The lowest BCUT2D eigenvalue weighted by Crippen LogP contribution is -2.34. The molecule has 18 heavy (non-hydrogen) atoms. The van der Waals surface area contributed by atoms with E-state index in [0.29, 0.717) is 0 Å². The van der Waals surface area contributed by atoms with Crippen molar-refractivity contribution >= 4 is 11.8 Å². The van der Waals surface area contributed by atoms with Crippen LogP contribution in [0.2, 0.25) is 0 Å². The summed E-state index contributed by atoms with van der Waals surface area (Å²) in [5, 5.41) is 1.69. The molecule has 8 heteroatoms. The molecular formula is C10H10F3N3O2. The van der Waals surface area contributed by atoms with Crippen molar-refractivity contribution < 1.29 is 22.8 Å². The molecule has 0 unspecified atom stereocenters. The number of hydrogen-bond donors (Lipinski definition) is 2. The first kappa shape index (κ1) is 13.9. The Hall–Kier alpha value is -2.12. The van der Waals surface area contributed by atoms with Gasteiger partial charge in [-0.05, 0) is 18.6 Å². The van der Waals surface area contributed by atoms with Gasteiger partial charge in [-0.3, -0.25) is 9.59 Å². The summed E-state index contributed by atoms with van der Waals surface area (Å²) in [5.41, 5.74) is 5.17. The van der Waals surface area contributed by atoms with Crippen LogP contribution in [0.1, 0.15) is 26.4 Å². The monoisotopic (exact) mass is 261 g/mol. The van der Waals surface area contributed by atoms with E-state index in [9.17, 15) is 22.8 Å². The van der Waals surface area contributed by atoms with Crippen LogP contribution in [0.3, 0.4) is 0 Å². The van der Waals surface area contributed by atoms with Crippen LogP contribution < -0.4 is 11.1 Å². The molecule has 0 atom stereocenters. The number of carbonyl (C=O) groups excluding carboxylic acids is 2. The quantitative estimate of drug-likeness (QED) is 0.843. The van der Waals surface area contributed by atoms with E-state index in [1.807, 2.05) is 0 Å². The smallest absolute Gasteiger partial charge is 0.366 e. The number of aromatic nitrogens is 1. The highest BCUT2D eigenvalue weighted by Gasteiger charge is 2.28. The number of primary amides is 1. The fourth-order valence-corrected chi connectivity index (χ4v) is 1.21. The first-order valence-corrected chi connectivity index (χ1v) is 4.82. The third-order valence-corrected chi connectivity index (χ3v) is 2.03. The molecule has 1 rings (SSSR count). The molecule has 0 aliphatic carbocycles. The molecule has 0 saturated heterocycles. The van der Waals surface area contributed by atoms with Crippen LogP contribution in [0.4, 0.5) is 13.2 Å². The number of aryl methyl sites for hydroxylation is 1. The zero-order valence-electron chi connectivity index (χ0n) is 9.34. The highest BCUT2D eigenvalue weighted by molar-refractivity contribution is 5.96. The summed E-state index contributed by atoms with van der Waals surface area (Å²) in [4.78, 5) is 25.8. The maximum Gasteiger partial charge on any atom is 0.405 e. The van der Waals surface area contributed by atoms with Crippen molar-refractivity contribution in [3.8, 4) is 0 Å². The summed E-state index contributed by atoms with van der Waals surface area (Å²) >= 11 is 0. The minimum Gasteiger partial charge on any atom is -0.366 e. The SMILES string of the molecule is Cc1cc(C(N)=O)cnc1C(=O)NCC(F)(F)F. The van der Waals surface area contributed by atoms with Gasteiger partial charge in [0, 0.05) is 6.20 Å². The predicted octanol–water partition coefficient (Wildman–Crippen LogP) is 0.781. The van der Waals surface area contributed by atoms with Gasteiger partial charge in [0.05, 0.1) is 5.56 Å². The highest BCUT2D eigenvalue weighted by Crippen LogP contribution is 2.13. The van der Waals surface area contributed by atoms with Crippen LogP contribution >= 0.6 is 0 Å². The van der Waals surface area contributed by atoms with Crippen molar-refractivity contribution in [3.05, 3.63) is 29.1 Å². The van der Waals surface area contributed by atoms with Crippen molar-refractivity contribution in [2.75, 3.05) is 6.54 Å². The van der Waals surface area contributed by atoms with Crippen LogP contribution in [-0.2, 0) is 0 Å². The van der Waals surface area contributed by atoms with Gasteiger partial charge in [-0.15, -0.1) is 0 Å². The highest BCUT2D eigenvalue weighted by atomic mass is 19.4. The number of nitrogens with zero attached hydrogens (tertiary/aromatic N) is 1. The van der Waals surface area contributed by atoms with E-state index in [-0.39, 0.29) is 16.8 Å². The molecule has 0 aliphatic rings. The molecule has 0 aliphatic heterocycles. The van der Waals surface area contributed by atoms with Gasteiger partial charge >= 0.3 is 6.18 Å². The second-order valence-corrected chi connectivity index (χ2v) is 3.55. The van der Waals surface area contributed by atoms with Crippen LogP contribution in [0, 0.1) is 6.92 Å². The van der Waals surface area contributed by atoms with E-state index >= 15 is 0 Å². The zero-order chi connectivity index (χ0) is 13.9. The summed E-state index contributed by atoms with van der Waals surface area (Å²) < 4.78 is 35.7. The first-order chi connectivity index (χ1) is 8.20. The van der Waals surface area contributed by atoms with E-state index in [0.717, 1.165) is 6.20 Å². The van der Waals surface area contributed by atoms with E-state index in [1.165, 1.54) is 13.0 Å². The average molecular weight is 261 g/mol. The molecule has 3 N–H and O–H groups in total. The normalized spacial score (nSPS) is 11.1. The Bertz CT molecular complexity index is 486. The number of halogens is 3. The Morgan fingerprint density at radius 3 is 2.50 bits per heavy atom. The number of alkyl halides is 3. The Morgan fingerprint density at radius 2 is 2.06 bits per heavy atom. The van der Waals surface area contributed by atoms with E-state index in [1.54, 1.807) is 5.32 Å². The van der Waals surface area contributed by atoms with Crippen molar-refractivity contribution in [1.29, 1.82) is 0 Å². The summed E-state index contributed by atoms with van der Waals surface area (Å²) in [7, 11) is 0. The van der Waals surface area contributed by atoms with Gasteiger partial charge in [-0.25, -0.2) is 4.98 Å². The average Bonchev–Trinajstić information content (AvgIpc) is 2.24. The van der Waals surface area contributed by atoms with Crippen LogP contribution in [0.15, 0.2) is 12.3 Å². The molecule has 1 aromatic rings. The van der Waals surface area contributed by atoms with Crippen molar-refractivity contribution in [2.45, 2.75) is 13.1 Å². The number of nitrogens with two attached hydrogens (primary N) is 1. The molecular weight excluding hydrogens is 251 g/mol. The molecule has 0 bridgehead atoms. The largest absolute Gasteiger partial charge is 0.405 e. The molecule has 0 saturated carbocycles. The summed E-state index contributed by atoms with van der Waals surface area (Å²) in [6.07, 6.45) is -3.45. The Kier molecular flexibility index (Phi) is 3.89. The van der Waals surface area contributed by atoms with Crippen LogP contribution in [0.25, 0.3) is 0 Å². The molecule has 98 valence electrons. The Balaban J connectivity index is 2.84. The number of pyridine rings is 1. The Labute approximate surface area is 100 Å². The minimum atomic E-state index is -4.49.